The molecule has 0 N–H and O–H groups in total. The number of hydrogen-bond donors (Lipinski definition) is 0. The van der Waals surface area contributed by atoms with Crippen molar-refractivity contribution in [3.05, 3.63) is 142 Å². The first-order chi connectivity index (χ1) is 16.0. The van der Waals surface area contributed by atoms with E-state index >= 15 is 0 Å². The third kappa shape index (κ3) is 5.98. The van der Waals surface area contributed by atoms with E-state index < -0.39 is 18.4 Å². The summed E-state index contributed by atoms with van der Waals surface area (Å²) in [6, 6.07) is 36.3. The van der Waals surface area contributed by atoms with Crippen molar-refractivity contribution in [3.63, 3.8) is 0 Å². The zero-order valence-corrected chi connectivity index (χ0v) is 23.4. The van der Waals surface area contributed by atoms with Gasteiger partial charge in [-0.3, -0.25) is 0 Å². The molecule has 4 rings (SSSR count). The summed E-state index contributed by atoms with van der Waals surface area (Å²) in [4.78, 5) is 0. The molecule has 0 atom stereocenters. The Hall–Kier alpha value is -2.32. The third-order valence-electron chi connectivity index (χ3n) is 7.31. The van der Waals surface area contributed by atoms with Gasteiger partial charge in [0, 0.05) is 0 Å². The molecule has 0 nitrogen and oxygen atoms in total. The molecule has 0 unspecified atom stereocenters. The van der Waals surface area contributed by atoms with Gasteiger partial charge in [0.1, 0.15) is 0 Å². The van der Waals surface area contributed by atoms with Crippen molar-refractivity contribution < 1.29 is 0 Å². The molecule has 0 spiro atoms. The van der Waals surface area contributed by atoms with Crippen LogP contribution in [0.25, 0.3) is 0 Å². The van der Waals surface area contributed by atoms with Gasteiger partial charge < -0.3 is 0 Å². The summed E-state index contributed by atoms with van der Waals surface area (Å²) >= 11 is -2.89. The first kappa shape index (κ1) is 23.8. The Morgan fingerprint density at radius 3 is 0.788 bits per heavy atom. The van der Waals surface area contributed by atoms with Crippen LogP contribution in [0.5, 0.6) is 0 Å². The van der Waals surface area contributed by atoms with Gasteiger partial charge in [-0.1, -0.05) is 0 Å². The molecular formula is C32H36Sn. The van der Waals surface area contributed by atoms with Crippen molar-refractivity contribution in [2.75, 3.05) is 0 Å². The summed E-state index contributed by atoms with van der Waals surface area (Å²) in [5, 5.41) is 0. The summed E-state index contributed by atoms with van der Waals surface area (Å²) in [6.45, 7) is 9.17. The van der Waals surface area contributed by atoms with E-state index in [2.05, 4.69) is 125 Å². The van der Waals surface area contributed by atoms with Gasteiger partial charge in [0.15, 0.2) is 0 Å². The van der Waals surface area contributed by atoms with E-state index in [0.717, 1.165) is 0 Å². The zero-order chi connectivity index (χ0) is 23.3. The van der Waals surface area contributed by atoms with Crippen molar-refractivity contribution in [3.8, 4) is 0 Å². The Bertz CT molecular complexity index is 1020. The standard InChI is InChI=1S/4C8H9.Sn/c4*1-7-5-3-4-6-8(7)2;/h4*3-6H,1H2,2H3;. The predicted molar refractivity (Wildman–Crippen MR) is 145 cm³/mol. The van der Waals surface area contributed by atoms with Crippen LogP contribution in [-0.2, 0) is 17.7 Å². The summed E-state index contributed by atoms with van der Waals surface area (Å²) in [5.74, 6) is 0. The van der Waals surface area contributed by atoms with Gasteiger partial charge in [0.05, 0.1) is 0 Å². The zero-order valence-electron chi connectivity index (χ0n) is 20.6. The number of rotatable bonds is 8. The molecule has 0 radical (unpaired) electrons. The van der Waals surface area contributed by atoms with Crippen LogP contribution in [0.1, 0.15) is 44.5 Å². The maximum absolute atomic E-state index is 2.89. The van der Waals surface area contributed by atoms with Gasteiger partial charge in [-0.2, -0.15) is 0 Å². The summed E-state index contributed by atoms with van der Waals surface area (Å²) in [6.07, 6.45) is 0. The summed E-state index contributed by atoms with van der Waals surface area (Å²) < 4.78 is 5.10. The number of aryl methyl sites for hydroxylation is 4. The molecule has 1 heteroatoms. The SMILES string of the molecule is Cc1ccccc1[CH2][Sn]([CH2]c1ccccc1C)([CH2]c1ccccc1C)[CH2]c1ccccc1C. The molecule has 4 aromatic carbocycles. The molecule has 0 bridgehead atoms. The van der Waals surface area contributed by atoms with Crippen molar-refractivity contribution in [2.45, 2.75) is 45.4 Å². The van der Waals surface area contributed by atoms with Crippen molar-refractivity contribution >= 4 is 18.4 Å². The van der Waals surface area contributed by atoms with Crippen molar-refractivity contribution in [2.24, 2.45) is 0 Å². The van der Waals surface area contributed by atoms with Gasteiger partial charge in [-0.15, -0.1) is 0 Å². The molecule has 0 saturated heterocycles. The molecule has 0 aliphatic rings. The third-order valence-corrected chi connectivity index (χ3v) is 20.2. The van der Waals surface area contributed by atoms with Crippen LogP contribution in [0.2, 0.25) is 0 Å². The second-order valence-electron chi connectivity index (χ2n) is 9.91. The Morgan fingerprint density at radius 1 is 0.364 bits per heavy atom. The van der Waals surface area contributed by atoms with Crippen LogP contribution < -0.4 is 0 Å². The molecule has 0 aliphatic heterocycles. The summed E-state index contributed by atoms with van der Waals surface area (Å²) in [7, 11) is 0. The Labute approximate surface area is 204 Å². The van der Waals surface area contributed by atoms with Crippen molar-refractivity contribution in [1.29, 1.82) is 0 Å². The van der Waals surface area contributed by atoms with Gasteiger partial charge in [-0.05, 0) is 0 Å². The van der Waals surface area contributed by atoms with Gasteiger partial charge in [0.2, 0.25) is 0 Å². The van der Waals surface area contributed by atoms with Gasteiger partial charge in [-0.25, -0.2) is 0 Å². The van der Waals surface area contributed by atoms with E-state index in [1.54, 1.807) is 22.3 Å². The molecule has 168 valence electrons. The van der Waals surface area contributed by atoms with Crippen molar-refractivity contribution in [1.82, 2.24) is 0 Å². The average molecular weight is 539 g/mol. The van der Waals surface area contributed by atoms with E-state index in [0.29, 0.717) is 0 Å². The second-order valence-corrected chi connectivity index (χ2v) is 22.5. The van der Waals surface area contributed by atoms with E-state index in [4.69, 9.17) is 0 Å². The number of hydrogen-bond acceptors (Lipinski definition) is 0. The summed E-state index contributed by atoms with van der Waals surface area (Å²) in [5.41, 5.74) is 12.0. The van der Waals surface area contributed by atoms with Crippen LogP contribution in [0.15, 0.2) is 97.1 Å². The van der Waals surface area contributed by atoms with Crippen LogP contribution in [0.4, 0.5) is 0 Å². The average Bonchev–Trinajstić information content (AvgIpc) is 2.80. The minimum absolute atomic E-state index is 1.28. The van der Waals surface area contributed by atoms with E-state index in [1.807, 2.05) is 0 Å². The Morgan fingerprint density at radius 2 is 0.576 bits per heavy atom. The fourth-order valence-corrected chi connectivity index (χ4v) is 21.1. The Balaban J connectivity index is 1.86. The van der Waals surface area contributed by atoms with Gasteiger partial charge >= 0.3 is 205 Å². The molecule has 0 fully saturated rings. The Kier molecular flexibility index (Phi) is 7.75. The molecule has 0 amide bonds. The molecule has 0 aliphatic carbocycles. The minimum atomic E-state index is -2.89. The molecule has 0 heterocycles. The molecule has 0 aromatic heterocycles. The van der Waals surface area contributed by atoms with E-state index in [9.17, 15) is 0 Å². The fraction of sp³-hybridized carbons (Fsp3) is 0.250. The predicted octanol–water partition coefficient (Wildman–Crippen LogP) is 7.80. The normalized spacial score (nSPS) is 11.5. The quantitative estimate of drug-likeness (QED) is 0.201. The monoisotopic (exact) mass is 540 g/mol. The van der Waals surface area contributed by atoms with E-state index in [-0.39, 0.29) is 0 Å². The molecule has 33 heavy (non-hydrogen) atoms. The maximum atomic E-state index is 2.38. The van der Waals surface area contributed by atoms with Crippen LogP contribution >= 0.6 is 0 Å². The van der Waals surface area contributed by atoms with Crippen LogP contribution in [0, 0.1) is 27.7 Å². The number of benzene rings is 4. The topological polar surface area (TPSA) is 0 Å². The molecular weight excluding hydrogens is 503 g/mol. The fourth-order valence-electron chi connectivity index (χ4n) is 5.22. The van der Waals surface area contributed by atoms with Gasteiger partial charge in [0.25, 0.3) is 0 Å². The van der Waals surface area contributed by atoms with E-state index in [1.165, 1.54) is 40.0 Å². The second kappa shape index (κ2) is 10.7. The molecule has 0 saturated carbocycles. The first-order valence-corrected chi connectivity index (χ1v) is 20.2. The molecule has 4 aromatic rings. The first-order valence-electron chi connectivity index (χ1n) is 12.1. The van der Waals surface area contributed by atoms with Crippen LogP contribution in [0.3, 0.4) is 0 Å². The van der Waals surface area contributed by atoms with Crippen LogP contribution in [-0.4, -0.2) is 18.4 Å².